The number of rotatable bonds is 2. The van der Waals surface area contributed by atoms with Crippen molar-refractivity contribution in [2.24, 2.45) is 0 Å². The van der Waals surface area contributed by atoms with Crippen molar-refractivity contribution >= 4 is 92.6 Å². The molecule has 4 N–H and O–H groups in total. The van der Waals surface area contributed by atoms with E-state index in [2.05, 4.69) is 0 Å². The van der Waals surface area contributed by atoms with E-state index in [0.29, 0.717) is 0 Å². The minimum Gasteiger partial charge on any atom is -0.744 e. The van der Waals surface area contributed by atoms with E-state index in [9.17, 15) is 25.9 Å². The first-order valence-corrected chi connectivity index (χ1v) is 10.3. The Morgan fingerprint density at radius 2 is 1.00 bits per heavy atom. The maximum atomic E-state index is 10.7. The summed E-state index contributed by atoms with van der Waals surface area (Å²) in [6.45, 7) is 2.87. The minimum absolute atomic E-state index is 0. The molecule has 0 atom stereocenters. The van der Waals surface area contributed by atoms with E-state index < -0.39 is 30.0 Å². The van der Waals surface area contributed by atoms with Crippen LogP contribution in [0.15, 0.2) is 34.1 Å². The largest absolute Gasteiger partial charge is 2.00 e. The number of benzene rings is 2. The van der Waals surface area contributed by atoms with Crippen LogP contribution in [0.25, 0.3) is 0 Å². The molecular formula is C14H14CaCl2N2O6S2. The molecule has 0 radical (unpaired) electrons. The normalized spacial score (nSPS) is 11.2. The molecular weight excluding hydrogens is 467 g/mol. The molecule has 0 aliphatic carbocycles. The monoisotopic (exact) mass is 480 g/mol. The summed E-state index contributed by atoms with van der Waals surface area (Å²) in [5.41, 5.74) is 11.7. The molecule has 13 heteroatoms. The van der Waals surface area contributed by atoms with Crippen LogP contribution in [-0.4, -0.2) is 63.7 Å². The molecule has 0 heterocycles. The van der Waals surface area contributed by atoms with Gasteiger partial charge in [-0.25, -0.2) is 16.8 Å². The van der Waals surface area contributed by atoms with E-state index in [0.717, 1.165) is 0 Å². The summed E-state index contributed by atoms with van der Waals surface area (Å²) in [5, 5.41) is -0.191. The van der Waals surface area contributed by atoms with Crippen LogP contribution < -0.4 is 11.5 Å². The molecule has 0 saturated carbocycles. The van der Waals surface area contributed by atoms with Gasteiger partial charge in [-0.1, -0.05) is 23.2 Å². The van der Waals surface area contributed by atoms with Crippen molar-refractivity contribution in [2.45, 2.75) is 23.6 Å². The summed E-state index contributed by atoms with van der Waals surface area (Å²) >= 11 is 11.1. The van der Waals surface area contributed by atoms with E-state index in [1.54, 1.807) is 0 Å². The van der Waals surface area contributed by atoms with Crippen molar-refractivity contribution in [3.05, 3.63) is 45.4 Å². The van der Waals surface area contributed by atoms with Crippen molar-refractivity contribution in [3.8, 4) is 0 Å². The molecule has 0 aliphatic heterocycles. The third kappa shape index (κ3) is 6.91. The van der Waals surface area contributed by atoms with Gasteiger partial charge in [0.1, 0.15) is 20.2 Å². The van der Waals surface area contributed by atoms with Gasteiger partial charge in [-0.2, -0.15) is 0 Å². The van der Waals surface area contributed by atoms with E-state index in [-0.39, 0.29) is 70.3 Å². The van der Waals surface area contributed by atoms with Gasteiger partial charge in [0.05, 0.1) is 19.8 Å². The average Bonchev–Trinajstić information content (AvgIpc) is 2.45. The maximum Gasteiger partial charge on any atom is 2.00 e. The number of nitrogens with two attached hydrogens (primary N) is 2. The van der Waals surface area contributed by atoms with Crippen LogP contribution in [0.2, 0.25) is 10.0 Å². The number of anilines is 2. The molecule has 0 aromatic heterocycles. The smallest absolute Gasteiger partial charge is 0.744 e. The van der Waals surface area contributed by atoms with Crippen LogP contribution in [0, 0.1) is 13.8 Å². The Morgan fingerprint density at radius 1 is 0.741 bits per heavy atom. The Bertz CT molecular complexity index is 974. The molecule has 0 spiro atoms. The van der Waals surface area contributed by atoms with Crippen LogP contribution in [-0.2, 0) is 20.2 Å². The molecule has 0 amide bonds. The quantitative estimate of drug-likeness (QED) is 0.373. The summed E-state index contributed by atoms with van der Waals surface area (Å²) in [5.74, 6) is 0. The second-order valence-electron chi connectivity index (χ2n) is 5.09. The third-order valence-electron chi connectivity index (χ3n) is 3.30. The summed E-state index contributed by atoms with van der Waals surface area (Å²) < 4.78 is 64.4. The average molecular weight is 481 g/mol. The Balaban J connectivity index is 0.000000483. The summed E-state index contributed by atoms with van der Waals surface area (Å²) in [4.78, 5) is -0.872. The van der Waals surface area contributed by atoms with Gasteiger partial charge in [0.2, 0.25) is 0 Å². The van der Waals surface area contributed by atoms with Gasteiger partial charge in [0.15, 0.2) is 0 Å². The van der Waals surface area contributed by atoms with Gasteiger partial charge in [-0.3, -0.25) is 0 Å². The first-order chi connectivity index (χ1) is 11.7. The van der Waals surface area contributed by atoms with Gasteiger partial charge < -0.3 is 20.6 Å². The minimum atomic E-state index is -4.55. The first-order valence-electron chi connectivity index (χ1n) is 6.68. The molecule has 0 unspecified atom stereocenters. The Hall–Kier alpha value is -0.300. The van der Waals surface area contributed by atoms with Gasteiger partial charge in [0.25, 0.3) is 0 Å². The van der Waals surface area contributed by atoms with E-state index in [4.69, 9.17) is 34.7 Å². The predicted molar refractivity (Wildman–Crippen MR) is 103 cm³/mol. The molecule has 8 nitrogen and oxygen atoms in total. The molecule has 2 aromatic carbocycles. The zero-order chi connectivity index (χ0) is 20.4. The number of halogens is 2. The number of hydrogen-bond acceptors (Lipinski definition) is 8. The summed E-state index contributed by atoms with van der Waals surface area (Å²) in [6.07, 6.45) is 0. The number of nitrogen functional groups attached to an aromatic ring is 2. The van der Waals surface area contributed by atoms with Gasteiger partial charge in [-0.15, -0.1) is 0 Å². The van der Waals surface area contributed by atoms with E-state index in [1.807, 2.05) is 0 Å². The van der Waals surface area contributed by atoms with Crippen molar-refractivity contribution in [2.75, 3.05) is 11.5 Å². The first kappa shape index (κ1) is 26.7. The van der Waals surface area contributed by atoms with Gasteiger partial charge in [0, 0.05) is 11.4 Å². The fraction of sp³-hybridized carbons (Fsp3) is 0.143. The summed E-state index contributed by atoms with van der Waals surface area (Å²) in [7, 11) is -9.10. The van der Waals surface area contributed by atoms with Gasteiger partial charge in [-0.05, 0) is 49.2 Å². The molecule has 27 heavy (non-hydrogen) atoms. The molecule has 0 saturated heterocycles. The van der Waals surface area contributed by atoms with Crippen molar-refractivity contribution in [1.29, 1.82) is 0 Å². The standard InChI is InChI=1S/2C7H8ClNO3S.Ca/c2*1-4-6(9)3-2-5(8)7(4)13(10,11)12;/h2*2-3H,9H2,1H3,(H,10,11,12);/q;;+2/p-2. The van der Waals surface area contributed by atoms with E-state index >= 15 is 0 Å². The van der Waals surface area contributed by atoms with Crippen LogP contribution in [0.5, 0.6) is 0 Å². The van der Waals surface area contributed by atoms with Crippen LogP contribution in [0.3, 0.4) is 0 Å². The molecule has 2 aromatic rings. The molecule has 0 fully saturated rings. The zero-order valence-corrected chi connectivity index (χ0v) is 19.5. The second kappa shape index (κ2) is 9.95. The molecule has 0 bridgehead atoms. The maximum absolute atomic E-state index is 10.7. The SMILES string of the molecule is Cc1c(N)ccc(Cl)c1S(=O)(=O)[O-].Cc1c(N)ccc(Cl)c1S(=O)(=O)[O-].[Ca+2]. The molecule has 2 rings (SSSR count). The fourth-order valence-electron chi connectivity index (χ4n) is 1.96. The van der Waals surface area contributed by atoms with Crippen molar-refractivity contribution in [3.63, 3.8) is 0 Å². The van der Waals surface area contributed by atoms with Crippen LogP contribution >= 0.6 is 23.2 Å². The van der Waals surface area contributed by atoms with Crippen molar-refractivity contribution in [1.82, 2.24) is 0 Å². The van der Waals surface area contributed by atoms with Crippen LogP contribution in [0.4, 0.5) is 11.4 Å². The van der Waals surface area contributed by atoms with E-state index in [1.165, 1.54) is 38.1 Å². The molecule has 0 aliphatic rings. The topological polar surface area (TPSA) is 166 Å². The Labute approximate surface area is 197 Å². The zero-order valence-electron chi connectivity index (χ0n) is 14.2. The number of hydrogen-bond donors (Lipinski definition) is 2. The molecule has 144 valence electrons. The third-order valence-corrected chi connectivity index (χ3v) is 6.21. The Morgan fingerprint density at radius 3 is 1.19 bits per heavy atom. The van der Waals surface area contributed by atoms with Crippen LogP contribution in [0.1, 0.15) is 11.1 Å². The van der Waals surface area contributed by atoms with Gasteiger partial charge >= 0.3 is 37.7 Å². The Kier molecular flexibility index (Phi) is 9.84. The summed E-state index contributed by atoms with van der Waals surface area (Å²) in [6, 6.07) is 5.47. The predicted octanol–water partition coefficient (Wildman–Crippen LogP) is 1.89. The second-order valence-corrected chi connectivity index (χ2v) is 8.54. The fourth-order valence-corrected chi connectivity index (χ4v) is 4.54. The van der Waals surface area contributed by atoms with Crippen molar-refractivity contribution < 1.29 is 25.9 Å².